The summed E-state index contributed by atoms with van der Waals surface area (Å²) >= 11 is 5.50. The van der Waals surface area contributed by atoms with Crippen LogP contribution in [0.25, 0.3) is 0 Å². The number of hydrogen-bond acceptors (Lipinski definition) is 2. The number of urea groups is 1. The summed E-state index contributed by atoms with van der Waals surface area (Å²) in [6.45, 7) is 0.138. The van der Waals surface area contributed by atoms with Crippen molar-refractivity contribution < 1.29 is 18.7 Å². The van der Waals surface area contributed by atoms with Gasteiger partial charge in [0.25, 0.3) is 0 Å². The average molecular weight is 341 g/mol. The molecule has 0 heterocycles. The molecule has 2 rings (SSSR count). The molecule has 1 unspecified atom stereocenters. The average Bonchev–Trinajstić information content (AvgIpc) is 2.51. The van der Waals surface area contributed by atoms with Crippen LogP contribution < -0.4 is 10.6 Å². The molecule has 122 valence electrons. The van der Waals surface area contributed by atoms with Gasteiger partial charge in [0, 0.05) is 11.6 Å². The van der Waals surface area contributed by atoms with Gasteiger partial charge in [0.05, 0.1) is 6.10 Å². The second-order valence-electron chi connectivity index (χ2n) is 4.84. The lowest BCUT2D eigenvalue weighted by atomic mass is 10.1. The number of anilines is 1. The Bertz CT molecular complexity index is 660. The van der Waals surface area contributed by atoms with Crippen molar-refractivity contribution in [3.05, 3.63) is 64.7 Å². The molecule has 2 aromatic carbocycles. The van der Waals surface area contributed by atoms with Crippen molar-refractivity contribution in [3.63, 3.8) is 0 Å². The number of nitrogens with one attached hydrogen (secondary N) is 2. The molecular formula is C16H15ClF2N2O2. The first-order chi connectivity index (χ1) is 11.0. The normalized spacial score (nSPS) is 11.8. The van der Waals surface area contributed by atoms with E-state index in [4.69, 9.17) is 11.6 Å². The molecule has 0 bridgehead atoms. The Morgan fingerprint density at radius 3 is 2.39 bits per heavy atom. The number of amides is 2. The van der Waals surface area contributed by atoms with E-state index in [0.717, 1.165) is 17.7 Å². The number of aliphatic hydroxyl groups is 1. The van der Waals surface area contributed by atoms with Crippen LogP contribution in [-0.2, 0) is 0 Å². The summed E-state index contributed by atoms with van der Waals surface area (Å²) in [5, 5.41) is 14.3. The Kier molecular flexibility index (Phi) is 5.90. The molecular weight excluding hydrogens is 326 g/mol. The third-order valence-electron chi connectivity index (χ3n) is 3.13. The van der Waals surface area contributed by atoms with Gasteiger partial charge in [0.15, 0.2) is 11.6 Å². The standard InChI is InChI=1S/C16H15ClF2N2O2/c17-11-8-12(18)15(13(19)9-11)21-16(23)20-7-6-14(22)10-4-2-1-3-5-10/h1-5,8-9,14,22H,6-7H2,(H2,20,21,23). The second kappa shape index (κ2) is 7.89. The maximum Gasteiger partial charge on any atom is 0.319 e. The van der Waals surface area contributed by atoms with Gasteiger partial charge in [-0.1, -0.05) is 41.9 Å². The molecule has 0 fully saturated rings. The van der Waals surface area contributed by atoms with Crippen molar-refractivity contribution in [2.75, 3.05) is 11.9 Å². The SMILES string of the molecule is O=C(NCCC(O)c1ccccc1)Nc1c(F)cc(Cl)cc1F. The van der Waals surface area contributed by atoms with Crippen molar-refractivity contribution in [2.24, 2.45) is 0 Å². The van der Waals surface area contributed by atoms with Crippen LogP contribution >= 0.6 is 11.6 Å². The first-order valence-electron chi connectivity index (χ1n) is 6.90. The molecule has 0 saturated carbocycles. The van der Waals surface area contributed by atoms with E-state index in [2.05, 4.69) is 10.6 Å². The molecule has 7 heteroatoms. The lowest BCUT2D eigenvalue weighted by molar-refractivity contribution is 0.167. The summed E-state index contributed by atoms with van der Waals surface area (Å²) in [5.41, 5.74) is 0.153. The maximum atomic E-state index is 13.5. The molecule has 4 nitrogen and oxygen atoms in total. The Balaban J connectivity index is 1.84. The van der Waals surface area contributed by atoms with Crippen LogP contribution in [0, 0.1) is 11.6 Å². The Labute approximate surface area is 137 Å². The van der Waals surface area contributed by atoms with Gasteiger partial charge in [-0.05, 0) is 24.1 Å². The van der Waals surface area contributed by atoms with Crippen LogP contribution in [0.1, 0.15) is 18.1 Å². The molecule has 2 amide bonds. The lowest BCUT2D eigenvalue weighted by Crippen LogP contribution is -2.31. The predicted octanol–water partition coefficient (Wildman–Crippen LogP) is 3.86. The van der Waals surface area contributed by atoms with Gasteiger partial charge in [0.2, 0.25) is 0 Å². The Morgan fingerprint density at radius 2 is 1.78 bits per heavy atom. The van der Waals surface area contributed by atoms with Crippen molar-refractivity contribution in [1.29, 1.82) is 0 Å². The van der Waals surface area contributed by atoms with Crippen LogP contribution in [-0.4, -0.2) is 17.7 Å². The summed E-state index contributed by atoms with van der Waals surface area (Å²) in [7, 11) is 0. The smallest absolute Gasteiger partial charge is 0.319 e. The van der Waals surface area contributed by atoms with Crippen LogP contribution in [0.5, 0.6) is 0 Å². The highest BCUT2D eigenvalue weighted by Crippen LogP contribution is 2.23. The molecule has 0 aromatic heterocycles. The number of halogens is 3. The third kappa shape index (κ3) is 4.91. The minimum Gasteiger partial charge on any atom is -0.388 e. The summed E-state index contributed by atoms with van der Waals surface area (Å²) in [6, 6.07) is 9.99. The van der Waals surface area contributed by atoms with Crippen LogP contribution in [0.4, 0.5) is 19.3 Å². The second-order valence-corrected chi connectivity index (χ2v) is 5.28. The molecule has 0 saturated heterocycles. The maximum absolute atomic E-state index is 13.5. The Morgan fingerprint density at radius 1 is 1.17 bits per heavy atom. The fourth-order valence-corrected chi connectivity index (χ4v) is 2.18. The van der Waals surface area contributed by atoms with Crippen LogP contribution in [0.3, 0.4) is 0 Å². The van der Waals surface area contributed by atoms with E-state index in [1.165, 1.54) is 0 Å². The summed E-state index contributed by atoms with van der Waals surface area (Å²) in [5.74, 6) is -1.93. The molecule has 23 heavy (non-hydrogen) atoms. The van der Waals surface area contributed by atoms with E-state index in [0.29, 0.717) is 0 Å². The Hall–Kier alpha value is -2.18. The molecule has 0 aliphatic heterocycles. The van der Waals surface area contributed by atoms with Gasteiger partial charge in [-0.25, -0.2) is 13.6 Å². The number of rotatable bonds is 5. The minimum atomic E-state index is -0.963. The number of carbonyl (C=O) groups excluding carboxylic acids is 1. The lowest BCUT2D eigenvalue weighted by Gasteiger charge is -2.13. The minimum absolute atomic E-state index is 0.100. The van der Waals surface area contributed by atoms with E-state index in [9.17, 15) is 18.7 Å². The fraction of sp³-hybridized carbons (Fsp3) is 0.188. The van der Waals surface area contributed by atoms with Crippen molar-refractivity contribution >= 4 is 23.3 Å². The van der Waals surface area contributed by atoms with E-state index in [-0.39, 0.29) is 18.0 Å². The number of carbonyl (C=O) groups is 1. The first-order valence-corrected chi connectivity index (χ1v) is 7.27. The van der Waals surface area contributed by atoms with Gasteiger partial charge >= 0.3 is 6.03 Å². The molecule has 3 N–H and O–H groups in total. The van der Waals surface area contributed by atoms with Gasteiger partial charge < -0.3 is 15.7 Å². The largest absolute Gasteiger partial charge is 0.388 e. The van der Waals surface area contributed by atoms with Gasteiger partial charge in [-0.2, -0.15) is 0 Å². The quantitative estimate of drug-likeness (QED) is 0.774. The van der Waals surface area contributed by atoms with E-state index in [1.54, 1.807) is 24.3 Å². The van der Waals surface area contributed by atoms with E-state index in [1.807, 2.05) is 6.07 Å². The highest BCUT2D eigenvalue weighted by atomic mass is 35.5. The molecule has 0 spiro atoms. The summed E-state index contributed by atoms with van der Waals surface area (Å²) in [4.78, 5) is 11.6. The van der Waals surface area contributed by atoms with E-state index >= 15 is 0 Å². The highest BCUT2D eigenvalue weighted by molar-refractivity contribution is 6.30. The summed E-state index contributed by atoms with van der Waals surface area (Å²) in [6.07, 6.45) is -0.469. The first kappa shape index (κ1) is 17.2. The zero-order valence-electron chi connectivity index (χ0n) is 12.0. The molecule has 2 aromatic rings. The topological polar surface area (TPSA) is 61.4 Å². The van der Waals surface area contributed by atoms with Gasteiger partial charge in [-0.15, -0.1) is 0 Å². The zero-order valence-corrected chi connectivity index (χ0v) is 12.8. The number of hydrogen-bond donors (Lipinski definition) is 3. The van der Waals surface area contributed by atoms with Crippen molar-refractivity contribution in [1.82, 2.24) is 5.32 Å². The van der Waals surface area contributed by atoms with Crippen LogP contribution in [0.15, 0.2) is 42.5 Å². The van der Waals surface area contributed by atoms with E-state index < -0.39 is 29.5 Å². The van der Waals surface area contributed by atoms with Crippen molar-refractivity contribution in [2.45, 2.75) is 12.5 Å². The van der Waals surface area contributed by atoms with Gasteiger partial charge in [0.1, 0.15) is 5.69 Å². The molecule has 1 atom stereocenters. The predicted molar refractivity (Wildman–Crippen MR) is 84.4 cm³/mol. The number of aliphatic hydroxyl groups excluding tert-OH is 1. The number of benzene rings is 2. The summed E-state index contributed by atoms with van der Waals surface area (Å²) < 4.78 is 27.1. The fourth-order valence-electron chi connectivity index (χ4n) is 1.98. The zero-order chi connectivity index (χ0) is 16.8. The third-order valence-corrected chi connectivity index (χ3v) is 3.35. The molecule has 0 aliphatic rings. The molecule has 0 radical (unpaired) electrons. The highest BCUT2D eigenvalue weighted by Gasteiger charge is 2.14. The molecule has 0 aliphatic carbocycles. The van der Waals surface area contributed by atoms with Gasteiger partial charge in [-0.3, -0.25) is 0 Å². The monoisotopic (exact) mass is 340 g/mol. The van der Waals surface area contributed by atoms with Crippen molar-refractivity contribution in [3.8, 4) is 0 Å². The van der Waals surface area contributed by atoms with Crippen LogP contribution in [0.2, 0.25) is 5.02 Å².